The van der Waals surface area contributed by atoms with Crippen molar-refractivity contribution in [3.05, 3.63) is 350 Å². The van der Waals surface area contributed by atoms with E-state index in [1.165, 1.54) is 110 Å². The molecule has 4 aromatic heterocycles. The fourth-order valence-corrected chi connectivity index (χ4v) is 11.9. The van der Waals surface area contributed by atoms with E-state index in [0.717, 1.165) is 42.2 Å². The van der Waals surface area contributed by atoms with Gasteiger partial charge in [0.1, 0.15) is 40.8 Å². The van der Waals surface area contributed by atoms with Gasteiger partial charge in [0.25, 0.3) is 47.3 Å². The fourth-order valence-electron chi connectivity index (χ4n) is 11.0. The lowest BCUT2D eigenvalue weighted by Gasteiger charge is -2.14. The third-order valence-electron chi connectivity index (χ3n) is 17.4. The molecule has 126 heavy (non-hydrogen) atoms. The highest BCUT2D eigenvalue weighted by atomic mass is 79.9. The Bertz CT molecular complexity index is 6240. The number of anilines is 8. The maximum Gasteiger partial charge on any atom is 0.259 e. The van der Waals surface area contributed by atoms with Gasteiger partial charge in [-0.2, -0.15) is 0 Å². The number of nitrogens with two attached hydrogens (primary N) is 2. The Morgan fingerprint density at radius 1 is 0.373 bits per heavy atom. The number of amidine groups is 4. The number of amides is 8. The van der Waals surface area contributed by atoms with Crippen LogP contribution in [0.25, 0.3) is 0 Å². The van der Waals surface area contributed by atoms with E-state index in [-0.39, 0.29) is 108 Å². The normalized spacial score (nSPS) is 11.2. The number of aromatic nitrogens is 4. The average molecular weight is 1980 g/mol. The van der Waals surface area contributed by atoms with Gasteiger partial charge in [-0.1, -0.05) is 53.7 Å². The largest absolute Gasteiger partial charge is 0.409 e. The highest BCUT2D eigenvalue weighted by Gasteiger charge is 2.26. The molecule has 0 saturated heterocycles. The number of rotatable bonds is 20. The molecule has 0 atom stereocenters. The highest BCUT2D eigenvalue weighted by Crippen LogP contribution is 2.30. The quantitative estimate of drug-likeness (QED) is 0.0111. The lowest BCUT2D eigenvalue weighted by molar-refractivity contribution is 0.101. The first kappa shape index (κ1) is 93.4. The SMILES string of the molecule is CN(C)C(=N)c1ccc(C(=O)Nc2cc(F)c(F)cc2C(=O)Nc2ccc(Br)cn2)cc1.CN1CCN=C1c1ccc(C(=O)Nc2cc(F)c(F)cc2C(=O)Nc2ccc(Br)cn2)cc1.N=C(N)c1ccc(C(=O)Nc2cc(F)c(F)cc2C(=O)Nc2ccc(Br)cn2)cc1.NC(=NO)c1ccc(C(=O)Nc2cc(F)c(F)cc2C(=O)Nc2ccc(Br)cn2)cc1. The van der Waals surface area contributed by atoms with Crippen LogP contribution in [0.1, 0.15) is 105 Å². The minimum atomic E-state index is -1.25. The maximum absolute atomic E-state index is 13.9. The average Bonchev–Trinajstić information content (AvgIpc) is 0.871. The molecule has 5 heterocycles. The van der Waals surface area contributed by atoms with Gasteiger partial charge in [-0.3, -0.25) is 54.2 Å². The number of likely N-dealkylation sites (N-methyl/N-ethyl adjacent to an activating group) is 1. The summed E-state index contributed by atoms with van der Waals surface area (Å²) in [6.45, 7) is 1.54. The number of carbonyl (C=O) groups is 8. The van der Waals surface area contributed by atoms with Gasteiger partial charge in [-0.05, 0) is 185 Å². The summed E-state index contributed by atoms with van der Waals surface area (Å²) in [5.74, 6) is -13.9. The van der Waals surface area contributed by atoms with Crippen LogP contribution in [0, 0.1) is 57.4 Å². The van der Waals surface area contributed by atoms with E-state index in [1.807, 2.05) is 11.9 Å². The Balaban J connectivity index is 0.000000175. The van der Waals surface area contributed by atoms with Crippen LogP contribution in [0.15, 0.2) is 247 Å². The molecule has 0 bridgehead atoms. The van der Waals surface area contributed by atoms with Gasteiger partial charge in [0.05, 0.1) is 51.5 Å². The summed E-state index contributed by atoms with van der Waals surface area (Å²) in [4.78, 5) is 125. The second kappa shape index (κ2) is 42.8. The van der Waals surface area contributed by atoms with E-state index in [0.29, 0.717) is 65.4 Å². The van der Waals surface area contributed by atoms with Gasteiger partial charge in [0.15, 0.2) is 52.4 Å². The minimum absolute atomic E-state index is 0.139. The van der Waals surface area contributed by atoms with Gasteiger partial charge in [-0.25, -0.2) is 55.1 Å². The number of benzene rings is 8. The Morgan fingerprint density at radius 2 is 0.627 bits per heavy atom. The summed E-state index contributed by atoms with van der Waals surface area (Å²) in [5.41, 5.74) is 12.0. The molecule has 41 heteroatoms. The number of aliphatic imine (C=N–C) groups is 1. The van der Waals surface area contributed by atoms with Crippen LogP contribution in [0.3, 0.4) is 0 Å². The van der Waals surface area contributed by atoms with Crippen LogP contribution in [0.4, 0.5) is 81.1 Å². The Hall–Kier alpha value is -14.8. The molecule has 0 unspecified atom stereocenters. The molecule has 8 aromatic carbocycles. The molecule has 0 aliphatic carbocycles. The zero-order chi connectivity index (χ0) is 91.3. The van der Waals surface area contributed by atoms with Crippen LogP contribution in [0.5, 0.6) is 0 Å². The first-order chi connectivity index (χ1) is 60.0. The van der Waals surface area contributed by atoms with Crippen molar-refractivity contribution in [3.63, 3.8) is 0 Å². The summed E-state index contributed by atoms with van der Waals surface area (Å²) < 4.78 is 113. The van der Waals surface area contributed by atoms with Crippen molar-refractivity contribution < 1.29 is 78.7 Å². The van der Waals surface area contributed by atoms with Gasteiger partial charge >= 0.3 is 0 Å². The standard InChI is InChI=1S/C23H18BrF2N5O2.C22H18BrF2N5O2.C20H14BrF2N5O3.C20H14BrF2N5O2/c1-31-9-8-27-21(31)13-2-4-14(5-3-13)22(32)29-19-11-18(26)17(25)10-16(19)23(33)30-20-7-6-15(24)12-28-20;1-30(2)20(26)12-3-5-13(6-4-12)21(31)28-18-10-17(25)16(24)9-15(18)22(32)29-19-8-7-14(23)11-27-19;21-12-5-6-17(25-9-12)27-20(30)13-7-14(22)15(23)8-16(13)26-19(29)11-3-1-10(2-4-11)18(24)28-31;21-12-5-6-17(26-9-12)28-20(30)13-7-14(22)15(23)8-16(13)27-19(29)11-3-1-10(2-4-11)18(24)25/h2-7,10-12H,8-9H2,1H3,(H,29,32)(H,28,30,33);3-11,26H,1-2H3,(H,28,31)(H,27,29,32);1-9,31H,(H2,24,28)(H,26,29)(H,25,27,30);1-9H,(H3,24,25)(H,27,29)(H,26,28,30). The molecule has 0 saturated carbocycles. The first-order valence-electron chi connectivity index (χ1n) is 36.2. The van der Waals surface area contributed by atoms with E-state index >= 15 is 0 Å². The predicted molar refractivity (Wildman–Crippen MR) is 471 cm³/mol. The second-order valence-electron chi connectivity index (χ2n) is 26.4. The zero-order valence-electron chi connectivity index (χ0n) is 65.2. The first-order valence-corrected chi connectivity index (χ1v) is 39.3. The van der Waals surface area contributed by atoms with Gasteiger partial charge in [-0.15, -0.1) is 0 Å². The van der Waals surface area contributed by atoms with Crippen molar-refractivity contribution in [2.24, 2.45) is 21.6 Å². The second-order valence-corrected chi connectivity index (χ2v) is 30.1. The van der Waals surface area contributed by atoms with Crippen LogP contribution in [-0.4, -0.2) is 140 Å². The van der Waals surface area contributed by atoms with Crippen LogP contribution >= 0.6 is 63.7 Å². The summed E-state index contributed by atoms with van der Waals surface area (Å²) >= 11 is 12.9. The molecule has 8 amide bonds. The van der Waals surface area contributed by atoms with E-state index in [2.05, 4.69) is 136 Å². The summed E-state index contributed by atoms with van der Waals surface area (Å²) in [6, 6.07) is 42.7. The number of nitrogens with one attached hydrogen (secondary N) is 10. The molecule has 15 N–H and O–H groups in total. The van der Waals surface area contributed by atoms with Crippen molar-refractivity contribution in [2.45, 2.75) is 0 Å². The summed E-state index contributed by atoms with van der Waals surface area (Å²) in [5, 5.41) is 46.5. The molecule has 1 aliphatic rings. The monoisotopic (exact) mass is 1980 g/mol. The number of hydrogen-bond acceptors (Lipinski definition) is 18. The van der Waals surface area contributed by atoms with Gasteiger partial charge in [0.2, 0.25) is 0 Å². The number of nitrogens with zero attached hydrogens (tertiary/aromatic N) is 8. The molecule has 13 rings (SSSR count). The molecule has 0 radical (unpaired) electrons. The highest BCUT2D eigenvalue weighted by molar-refractivity contribution is 9.11. The van der Waals surface area contributed by atoms with E-state index in [9.17, 15) is 73.5 Å². The van der Waals surface area contributed by atoms with Crippen molar-refractivity contribution in [1.29, 1.82) is 10.8 Å². The zero-order valence-corrected chi connectivity index (χ0v) is 71.5. The van der Waals surface area contributed by atoms with Crippen LogP contribution in [0.2, 0.25) is 0 Å². The lowest BCUT2D eigenvalue weighted by Crippen LogP contribution is -2.23. The number of hydrogen-bond donors (Lipinski definition) is 13. The Morgan fingerprint density at radius 3 is 0.865 bits per heavy atom. The maximum atomic E-state index is 13.9. The molecular formula is C85H64Br4F8N20O9. The molecule has 29 nitrogen and oxygen atoms in total. The molecule has 0 spiro atoms. The van der Waals surface area contributed by atoms with Crippen molar-refractivity contribution in [1.82, 2.24) is 29.7 Å². The number of oxime groups is 1. The molecule has 642 valence electrons. The third-order valence-corrected chi connectivity index (χ3v) is 19.3. The number of pyridine rings is 4. The fraction of sp³-hybridized carbons (Fsp3) is 0.0588. The third kappa shape index (κ3) is 25.2. The van der Waals surface area contributed by atoms with E-state index < -0.39 is 93.8 Å². The van der Waals surface area contributed by atoms with Crippen LogP contribution in [-0.2, 0) is 0 Å². The minimum Gasteiger partial charge on any atom is -0.409 e. The summed E-state index contributed by atoms with van der Waals surface area (Å²) in [7, 11) is 5.39. The van der Waals surface area contributed by atoms with Crippen molar-refractivity contribution in [2.75, 3.05) is 76.8 Å². The van der Waals surface area contributed by atoms with Crippen LogP contribution < -0.4 is 54.0 Å². The smallest absolute Gasteiger partial charge is 0.259 e. The van der Waals surface area contributed by atoms with Gasteiger partial charge in [0, 0.05) is 139 Å². The number of halogens is 12. The van der Waals surface area contributed by atoms with Crippen molar-refractivity contribution in [3.8, 4) is 0 Å². The summed E-state index contributed by atoms with van der Waals surface area (Å²) in [6.07, 6.45) is 5.83. The molecule has 0 fully saturated rings. The molecular weight excluding hydrogens is 1920 g/mol. The molecule has 12 aromatic rings. The van der Waals surface area contributed by atoms with E-state index in [4.69, 9.17) is 27.5 Å². The Kier molecular flexibility index (Phi) is 31.7. The number of nitrogen functional groups attached to an aromatic ring is 1. The lowest BCUT2D eigenvalue weighted by atomic mass is 10.1. The topological polar surface area (TPSA) is 436 Å². The van der Waals surface area contributed by atoms with Gasteiger partial charge < -0.3 is 69.0 Å². The number of carbonyl (C=O) groups excluding carboxylic acids is 8. The Labute approximate surface area is 743 Å². The molecule has 1 aliphatic heterocycles. The van der Waals surface area contributed by atoms with E-state index in [1.54, 1.807) is 79.7 Å². The predicted octanol–water partition coefficient (Wildman–Crippen LogP) is 16.5. The van der Waals surface area contributed by atoms with Crippen molar-refractivity contribution >= 4 is 180 Å².